The summed E-state index contributed by atoms with van der Waals surface area (Å²) in [4.78, 5) is 0. The number of piperidine rings is 4. The monoisotopic (exact) mass is 1020 g/mol. The summed E-state index contributed by atoms with van der Waals surface area (Å²) < 4.78 is 11.2. The van der Waals surface area contributed by atoms with Crippen LogP contribution >= 0.6 is 15.8 Å². The third-order valence-electron chi connectivity index (χ3n) is 12.5. The summed E-state index contributed by atoms with van der Waals surface area (Å²) in [5, 5.41) is 24.7. The van der Waals surface area contributed by atoms with Crippen LogP contribution in [0.2, 0.25) is 0 Å². The van der Waals surface area contributed by atoms with E-state index in [1.165, 1.54) is 85.4 Å². The van der Waals surface area contributed by atoms with Gasteiger partial charge in [0, 0.05) is 6.42 Å². The van der Waals surface area contributed by atoms with Crippen LogP contribution < -0.4 is 21.2 Å². The summed E-state index contributed by atoms with van der Waals surface area (Å²) in [5.41, 5.74) is 0. The van der Waals surface area contributed by atoms with E-state index in [0.717, 1.165) is 51.7 Å². The smallest absolute Gasteiger partial charge is 0.661 e. The maximum atomic E-state index is 5.58. The van der Waals surface area contributed by atoms with E-state index >= 15 is 0 Å². The van der Waals surface area contributed by atoms with Crippen LogP contribution in [0.25, 0.3) is 21.3 Å². The van der Waals surface area contributed by atoms with Crippen LogP contribution in [-0.4, -0.2) is 69.9 Å². The Morgan fingerprint density at radius 3 is 1.28 bits per heavy atom. The molecule has 5 fully saturated rings. The molecule has 5 heterocycles. The Kier molecular flexibility index (Phi) is 20.9. The van der Waals surface area contributed by atoms with Gasteiger partial charge in [0.05, 0.1) is 29.1 Å². The molecule has 0 radical (unpaired) electrons. The van der Waals surface area contributed by atoms with Gasteiger partial charge in [-0.25, -0.2) is 0 Å². The fraction of sp³-hybridized carbons (Fsp3) is 0.490. The van der Waals surface area contributed by atoms with E-state index in [-0.39, 0.29) is 26.1 Å². The van der Waals surface area contributed by atoms with E-state index in [2.05, 4.69) is 151 Å². The fourth-order valence-corrected chi connectivity index (χ4v) is 14.2. The molecule has 60 heavy (non-hydrogen) atoms. The molecular weight excluding hydrogens is 953 g/mol. The van der Waals surface area contributed by atoms with Crippen molar-refractivity contribution in [3.63, 3.8) is 0 Å². The minimum absolute atomic E-state index is 0. The van der Waals surface area contributed by atoms with Crippen molar-refractivity contribution in [2.45, 2.75) is 108 Å². The fourth-order valence-electron chi connectivity index (χ4n) is 9.22. The van der Waals surface area contributed by atoms with Crippen LogP contribution in [0.4, 0.5) is 0 Å². The number of ether oxygens (including phenoxy) is 2. The molecule has 0 spiro atoms. The molecule has 4 aromatic rings. The second kappa shape index (κ2) is 26.5. The molecule has 0 N–H and O–H groups in total. The summed E-state index contributed by atoms with van der Waals surface area (Å²) in [6.45, 7) is 8.11. The molecular formula is C51H68N4O2OsP2+2. The van der Waals surface area contributed by atoms with Gasteiger partial charge >= 0.3 is 19.8 Å². The zero-order valence-electron chi connectivity index (χ0n) is 35.7. The van der Waals surface area contributed by atoms with Crippen molar-refractivity contribution in [2.24, 2.45) is 11.8 Å². The van der Waals surface area contributed by atoms with Gasteiger partial charge in [-0.05, 0) is 60.4 Å². The van der Waals surface area contributed by atoms with Crippen LogP contribution in [0.15, 0.2) is 133 Å². The second-order valence-corrected chi connectivity index (χ2v) is 21.6. The number of nitrogens with zero attached hydrogens (tertiary/aromatic N) is 4. The third-order valence-corrected chi connectivity index (χ3v) is 17.7. The molecule has 0 saturated carbocycles. The third kappa shape index (κ3) is 15.0. The van der Waals surface area contributed by atoms with Gasteiger partial charge in [0.25, 0.3) is 0 Å². The van der Waals surface area contributed by atoms with E-state index in [0.29, 0.717) is 30.1 Å². The molecule has 0 aromatic heterocycles. The molecule has 0 amide bonds. The summed E-state index contributed by atoms with van der Waals surface area (Å²) in [5.74, 6) is 6.53. The zero-order chi connectivity index (χ0) is 40.3. The van der Waals surface area contributed by atoms with Gasteiger partial charge in [-0.15, -0.1) is 26.2 Å². The van der Waals surface area contributed by atoms with Crippen molar-refractivity contribution >= 4 is 37.1 Å². The van der Waals surface area contributed by atoms with Crippen LogP contribution in [0.3, 0.4) is 0 Å². The largest absolute Gasteiger partial charge is 4.00 e. The molecule has 9 heteroatoms. The molecule has 5 aliphatic rings. The average molecular weight is 1020 g/mol. The van der Waals surface area contributed by atoms with E-state index in [4.69, 9.17) is 20.1 Å². The van der Waals surface area contributed by atoms with E-state index < -0.39 is 15.8 Å². The Bertz CT molecular complexity index is 1560. The maximum absolute atomic E-state index is 5.58. The Balaban J connectivity index is 0.000000163. The zero-order valence-corrected chi connectivity index (χ0v) is 40.3. The molecule has 320 valence electrons. The van der Waals surface area contributed by atoms with Gasteiger partial charge in [-0.1, -0.05) is 144 Å². The predicted octanol–water partition coefficient (Wildman–Crippen LogP) is 11.1. The minimum Gasteiger partial charge on any atom is -0.661 e. The molecule has 0 bridgehead atoms. The molecule has 4 aromatic carbocycles. The Labute approximate surface area is 377 Å². The minimum atomic E-state index is -0.964. The Morgan fingerprint density at radius 2 is 0.883 bits per heavy atom. The number of hydrogen-bond donors (Lipinski definition) is 0. The Morgan fingerprint density at radius 1 is 0.483 bits per heavy atom. The van der Waals surface area contributed by atoms with E-state index in [1.54, 1.807) is 0 Å². The molecule has 6 nitrogen and oxygen atoms in total. The topological polar surface area (TPSA) is 74.9 Å². The van der Waals surface area contributed by atoms with Crippen LogP contribution in [0.5, 0.6) is 0 Å². The first kappa shape index (κ1) is 47.4. The summed E-state index contributed by atoms with van der Waals surface area (Å²) in [6, 6.07) is 45.9. The molecule has 9 rings (SSSR count). The normalized spacial score (nSPS) is 26.1. The van der Waals surface area contributed by atoms with Gasteiger partial charge < -0.3 is 30.7 Å². The number of benzene rings is 4. The molecule has 5 saturated heterocycles. The number of rotatable bonds is 10. The van der Waals surface area contributed by atoms with Gasteiger partial charge in [0.15, 0.2) is 6.29 Å². The second-order valence-electron chi connectivity index (χ2n) is 16.9. The summed E-state index contributed by atoms with van der Waals surface area (Å²) in [6.07, 6.45) is 13.9. The van der Waals surface area contributed by atoms with Gasteiger partial charge in [0.2, 0.25) is 0 Å². The van der Waals surface area contributed by atoms with Crippen LogP contribution in [-0.2, 0) is 29.3 Å². The van der Waals surface area contributed by atoms with Gasteiger partial charge in [-0.3, -0.25) is 0 Å². The van der Waals surface area contributed by atoms with Crippen molar-refractivity contribution in [3.05, 3.63) is 154 Å². The van der Waals surface area contributed by atoms with E-state index in [1.807, 2.05) is 0 Å². The van der Waals surface area contributed by atoms with Crippen LogP contribution in [0.1, 0.15) is 77.6 Å². The summed E-state index contributed by atoms with van der Waals surface area (Å²) >= 11 is 0. The molecule has 0 aliphatic carbocycles. The first-order valence-corrected chi connectivity index (χ1v) is 25.9. The van der Waals surface area contributed by atoms with Gasteiger partial charge in [-0.2, -0.15) is 24.2 Å². The quantitative estimate of drug-likeness (QED) is 0.148. The predicted molar refractivity (Wildman–Crippen MR) is 257 cm³/mol. The van der Waals surface area contributed by atoms with Crippen molar-refractivity contribution in [2.75, 3.05) is 39.4 Å². The average Bonchev–Trinajstić information content (AvgIpc) is 3.83. The molecule has 6 unspecified atom stereocenters. The first-order chi connectivity index (χ1) is 29.2. The Hall–Kier alpha value is -2.12. The standard InChI is InChI=1S/C26H22P2.C15H26N2O2.C10H18N2.Os/c1-5-13-23(14-6-1)27(24-15-7-2-8-16-24)21-22-28(25-17-9-3-10-18-25)26-19-11-4-12-20-26;1-11-2-4-16-13(8-11)14-9-12(3-5-17-14)10-15-18-6-7-19-15;1-3-7-11-9(5-1)10-6-2-4-8-12-10;/h1-22H;11-15H,2-10H2,1H3;9-10H,1-8H2;/q;2*-2;+4/p+2/b22-21-;;;. The van der Waals surface area contributed by atoms with Crippen LogP contribution in [0, 0.1) is 11.8 Å². The number of hydrogen-bond acceptors (Lipinski definition) is 2. The maximum Gasteiger partial charge on any atom is 4.00 e. The SMILES string of the molecule is C(=C/[PH+](c1ccccc1)c1ccccc1)/[PH+](c1ccccc1)c1ccccc1.C1CCC(C2CCCC[N-]2)[N-]C1.CC1CC[N-]C(C2CC(CC3OCCO3)CC[N-]2)C1.[Os+4]. The van der Waals surface area contributed by atoms with Crippen molar-refractivity contribution < 1.29 is 29.3 Å². The molecule has 6 atom stereocenters. The molecule has 5 aliphatic heterocycles. The van der Waals surface area contributed by atoms with Gasteiger partial charge in [0.1, 0.15) is 32.9 Å². The summed E-state index contributed by atoms with van der Waals surface area (Å²) in [7, 11) is -1.93. The first-order valence-electron chi connectivity index (χ1n) is 22.7. The van der Waals surface area contributed by atoms with E-state index in [9.17, 15) is 0 Å². The van der Waals surface area contributed by atoms with Crippen molar-refractivity contribution in [1.82, 2.24) is 0 Å². The van der Waals surface area contributed by atoms with Crippen molar-refractivity contribution in [1.29, 1.82) is 0 Å². The van der Waals surface area contributed by atoms with Crippen molar-refractivity contribution in [3.8, 4) is 0 Å².